The maximum Gasteiger partial charge on any atom is 0.271 e. The van der Waals surface area contributed by atoms with Crippen molar-refractivity contribution in [2.45, 2.75) is 25.5 Å². The molecule has 7 rings (SSSR count). The Morgan fingerprint density at radius 2 is 1.82 bits per heavy atom. The number of aryl methyl sites for hydroxylation is 1. The maximum atomic E-state index is 14.2. The minimum absolute atomic E-state index is 0.0246. The normalized spacial score (nSPS) is 15.5. The number of nitro benzene ring substituents is 1. The van der Waals surface area contributed by atoms with Crippen LogP contribution in [0.5, 0.6) is 11.5 Å². The van der Waals surface area contributed by atoms with Gasteiger partial charge in [-0.2, -0.15) is 0 Å². The van der Waals surface area contributed by atoms with Crippen LogP contribution in [0, 0.1) is 10.1 Å². The highest BCUT2D eigenvalue weighted by Gasteiger charge is 2.32. The molecule has 5 aromatic rings. The van der Waals surface area contributed by atoms with Crippen molar-refractivity contribution < 1.29 is 14.4 Å². The summed E-state index contributed by atoms with van der Waals surface area (Å²) in [5.74, 6) is 1.34. The van der Waals surface area contributed by atoms with Gasteiger partial charge in [0.1, 0.15) is 18.1 Å². The summed E-state index contributed by atoms with van der Waals surface area (Å²) < 4.78 is 14.8. The molecule has 0 spiro atoms. The third-order valence-corrected chi connectivity index (χ3v) is 9.58. The zero-order chi connectivity index (χ0) is 31.1. The van der Waals surface area contributed by atoms with Crippen molar-refractivity contribution in [3.8, 4) is 11.5 Å². The van der Waals surface area contributed by atoms with Crippen LogP contribution in [0.4, 0.5) is 5.69 Å². The molecule has 2 heterocycles. The lowest BCUT2D eigenvalue weighted by Crippen LogP contribution is -2.38. The van der Waals surface area contributed by atoms with Crippen molar-refractivity contribution in [3.63, 3.8) is 0 Å². The summed E-state index contributed by atoms with van der Waals surface area (Å²) >= 11 is 4.92. The van der Waals surface area contributed by atoms with E-state index in [0.29, 0.717) is 15.1 Å². The van der Waals surface area contributed by atoms with Crippen molar-refractivity contribution in [1.82, 2.24) is 4.57 Å². The Morgan fingerprint density at radius 3 is 2.58 bits per heavy atom. The predicted octanol–water partition coefficient (Wildman–Crippen LogP) is 6.58. The first-order valence-electron chi connectivity index (χ1n) is 14.3. The molecule has 0 saturated heterocycles. The molecule has 0 fully saturated rings. The summed E-state index contributed by atoms with van der Waals surface area (Å²) in [6.45, 7) is 0.214. The quantitative estimate of drug-likeness (QED) is 0.143. The number of hydrogen-bond acceptors (Lipinski definition) is 7. The van der Waals surface area contributed by atoms with Crippen LogP contribution in [0.2, 0.25) is 0 Å². The Bertz CT molecular complexity index is 2170. The average molecular weight is 681 g/mol. The second-order valence-corrected chi connectivity index (χ2v) is 12.7. The molecule has 0 N–H and O–H groups in total. The van der Waals surface area contributed by atoms with Gasteiger partial charge in [-0.05, 0) is 83.6 Å². The number of non-ortho nitro benzene ring substituents is 1. The van der Waals surface area contributed by atoms with Gasteiger partial charge in [0.05, 0.1) is 28.3 Å². The molecule has 45 heavy (non-hydrogen) atoms. The molecule has 10 heteroatoms. The molecule has 2 aliphatic rings. The molecule has 1 aliphatic carbocycles. The van der Waals surface area contributed by atoms with Gasteiger partial charge >= 0.3 is 0 Å². The van der Waals surface area contributed by atoms with Crippen LogP contribution in [-0.2, 0) is 13.0 Å². The van der Waals surface area contributed by atoms with E-state index in [1.165, 1.54) is 29.0 Å². The van der Waals surface area contributed by atoms with E-state index in [1.54, 1.807) is 19.2 Å². The van der Waals surface area contributed by atoms with Gasteiger partial charge in [-0.1, -0.05) is 63.7 Å². The van der Waals surface area contributed by atoms with Crippen LogP contribution in [0.1, 0.15) is 40.3 Å². The number of rotatable bonds is 7. The zero-order valence-electron chi connectivity index (χ0n) is 24.1. The van der Waals surface area contributed by atoms with Crippen LogP contribution in [0.3, 0.4) is 0 Å². The highest BCUT2D eigenvalue weighted by molar-refractivity contribution is 9.10. The molecular weight excluding hydrogens is 654 g/mol. The van der Waals surface area contributed by atoms with E-state index in [1.807, 2.05) is 59.2 Å². The molecule has 0 amide bonds. The fraction of sp³-hybridized carbons (Fsp3) is 0.143. The Labute approximate surface area is 270 Å². The van der Waals surface area contributed by atoms with Crippen LogP contribution in [0.15, 0.2) is 111 Å². The van der Waals surface area contributed by atoms with Crippen LogP contribution < -0.4 is 24.4 Å². The first-order chi connectivity index (χ1) is 21.9. The number of halogens is 1. The van der Waals surface area contributed by atoms with E-state index in [4.69, 9.17) is 14.5 Å². The van der Waals surface area contributed by atoms with E-state index in [2.05, 4.69) is 34.1 Å². The van der Waals surface area contributed by atoms with Gasteiger partial charge in [0.25, 0.3) is 11.2 Å². The molecule has 0 bridgehead atoms. The molecule has 0 saturated carbocycles. The molecule has 4 aromatic carbocycles. The third kappa shape index (κ3) is 5.51. The number of thiazole rings is 1. The summed E-state index contributed by atoms with van der Waals surface area (Å²) in [7, 11) is 1.64. The van der Waals surface area contributed by atoms with E-state index in [-0.39, 0.29) is 23.9 Å². The number of nitrogens with zero attached hydrogens (tertiary/aromatic N) is 3. The highest BCUT2D eigenvalue weighted by Crippen LogP contribution is 2.41. The number of ether oxygens (including phenoxy) is 2. The van der Waals surface area contributed by atoms with Gasteiger partial charge in [0, 0.05) is 27.7 Å². The van der Waals surface area contributed by atoms with Crippen LogP contribution >= 0.6 is 27.3 Å². The average Bonchev–Trinajstić information content (AvgIpc) is 3.37. The second kappa shape index (κ2) is 11.9. The lowest BCUT2D eigenvalue weighted by atomic mass is 9.83. The zero-order valence-corrected chi connectivity index (χ0v) is 26.5. The van der Waals surface area contributed by atoms with Gasteiger partial charge in [-0.3, -0.25) is 19.5 Å². The number of hydrogen-bond donors (Lipinski definition) is 0. The van der Waals surface area contributed by atoms with Crippen molar-refractivity contribution >= 4 is 44.7 Å². The second-order valence-electron chi connectivity index (χ2n) is 10.8. The fourth-order valence-electron chi connectivity index (χ4n) is 5.89. The smallest absolute Gasteiger partial charge is 0.271 e. The number of fused-ring (bicyclic) bond motifs is 3. The van der Waals surface area contributed by atoms with Crippen LogP contribution in [0.25, 0.3) is 11.8 Å². The molecule has 224 valence electrons. The summed E-state index contributed by atoms with van der Waals surface area (Å²) in [5, 5.41) is 11.0. The van der Waals surface area contributed by atoms with E-state index < -0.39 is 4.92 Å². The SMILES string of the molecule is COc1ccc([C@@H]2C3=C(N=c4s/c(=C\c5cc(Br)ccc5OCc5ccc([N+](=O)[O-])cc5)c(=O)n42)c2ccccc2CC3)cc1. The Hall–Kier alpha value is -4.80. The standard InChI is InChI=1S/C35H26BrN3O5S/c1-43-27-14-8-23(9-15-27)33-29-16-10-22-4-2-3-5-28(22)32(29)37-35-38(33)34(40)31(45-35)19-24-18-25(36)11-17-30(24)44-20-21-6-12-26(13-7-21)39(41)42/h2-9,11-15,17-19,33H,10,16,20H2,1H3/b31-19-/t33-/m1/s1. The first kappa shape index (κ1) is 28.9. The van der Waals surface area contributed by atoms with Crippen LogP contribution in [-0.4, -0.2) is 16.6 Å². The summed E-state index contributed by atoms with van der Waals surface area (Å²) in [6, 6.07) is 27.9. The maximum absolute atomic E-state index is 14.2. The first-order valence-corrected chi connectivity index (χ1v) is 15.9. The molecule has 0 unspecified atom stereocenters. The van der Waals surface area contributed by atoms with Gasteiger partial charge in [0.15, 0.2) is 4.80 Å². The third-order valence-electron chi connectivity index (χ3n) is 8.10. The summed E-state index contributed by atoms with van der Waals surface area (Å²) in [4.78, 5) is 30.6. The van der Waals surface area contributed by atoms with Crippen molar-refractivity contribution in [1.29, 1.82) is 0 Å². The van der Waals surface area contributed by atoms with Gasteiger partial charge in [0.2, 0.25) is 0 Å². The minimum Gasteiger partial charge on any atom is -0.497 e. The minimum atomic E-state index is -0.429. The van der Waals surface area contributed by atoms with Crippen molar-refractivity contribution in [3.05, 3.63) is 159 Å². The fourth-order valence-corrected chi connectivity index (χ4v) is 7.26. The van der Waals surface area contributed by atoms with Crippen molar-refractivity contribution in [2.75, 3.05) is 7.11 Å². The number of nitro groups is 1. The van der Waals surface area contributed by atoms with Gasteiger partial charge < -0.3 is 9.47 Å². The van der Waals surface area contributed by atoms with Gasteiger partial charge in [-0.25, -0.2) is 4.99 Å². The molecular formula is C35H26BrN3O5S. The molecule has 8 nitrogen and oxygen atoms in total. The molecule has 1 atom stereocenters. The number of aromatic nitrogens is 1. The van der Waals surface area contributed by atoms with E-state index in [9.17, 15) is 14.9 Å². The Morgan fingerprint density at radius 1 is 1.04 bits per heavy atom. The summed E-state index contributed by atoms with van der Waals surface area (Å²) in [5.41, 5.74) is 6.88. The monoisotopic (exact) mass is 679 g/mol. The lowest BCUT2D eigenvalue weighted by molar-refractivity contribution is -0.384. The molecule has 0 radical (unpaired) electrons. The molecule has 1 aromatic heterocycles. The largest absolute Gasteiger partial charge is 0.497 e. The van der Waals surface area contributed by atoms with Gasteiger partial charge in [-0.15, -0.1) is 0 Å². The van der Waals surface area contributed by atoms with Crippen molar-refractivity contribution in [2.24, 2.45) is 4.99 Å². The highest BCUT2D eigenvalue weighted by atomic mass is 79.9. The summed E-state index contributed by atoms with van der Waals surface area (Å²) in [6.07, 6.45) is 3.54. The molecule has 1 aliphatic heterocycles. The lowest BCUT2D eigenvalue weighted by Gasteiger charge is -2.30. The Balaban J connectivity index is 1.33. The van der Waals surface area contributed by atoms with E-state index in [0.717, 1.165) is 56.6 Å². The Kier molecular flexibility index (Phi) is 7.68. The number of methoxy groups -OCH3 is 1. The number of benzene rings is 4. The predicted molar refractivity (Wildman–Crippen MR) is 177 cm³/mol. The number of allylic oxidation sites excluding steroid dienone is 1. The topological polar surface area (TPSA) is 96.0 Å². The van der Waals surface area contributed by atoms with E-state index >= 15 is 0 Å².